The molecule has 3 atom stereocenters. The second kappa shape index (κ2) is 30.1. The summed E-state index contributed by atoms with van der Waals surface area (Å²) in [5, 5.41) is 2.80. The normalized spacial score (nSPS) is 14.5. The van der Waals surface area contributed by atoms with Crippen molar-refractivity contribution in [2.45, 2.75) is 63.5 Å². The van der Waals surface area contributed by atoms with Crippen molar-refractivity contribution in [1.82, 2.24) is 10.2 Å². The molecule has 1 N–H and O–H groups in total. The van der Waals surface area contributed by atoms with Crippen molar-refractivity contribution in [3.8, 4) is 34.5 Å². The molecule has 2 amide bonds. The Kier molecular flexibility index (Phi) is 24.3. The lowest BCUT2D eigenvalue weighted by Gasteiger charge is -2.37. The highest BCUT2D eigenvalue weighted by molar-refractivity contribution is 5.89. The van der Waals surface area contributed by atoms with Crippen LogP contribution in [0.5, 0.6) is 34.5 Å². The molecule has 366 valence electrons. The molecule has 0 radical (unpaired) electrons. The predicted octanol–water partition coefficient (Wildman–Crippen LogP) is 5.73. The summed E-state index contributed by atoms with van der Waals surface area (Å²) in [7, 11) is 9.37. The molecular weight excluding hydrogens is 857 g/mol. The molecule has 1 fully saturated rings. The van der Waals surface area contributed by atoms with E-state index in [1.54, 1.807) is 56.6 Å². The van der Waals surface area contributed by atoms with Crippen molar-refractivity contribution in [3.63, 3.8) is 0 Å². The maximum absolute atomic E-state index is 14.5. The first-order valence-corrected chi connectivity index (χ1v) is 22.5. The minimum Gasteiger partial charge on any atom is -0.493 e. The molecule has 0 aliphatic carbocycles. The third kappa shape index (κ3) is 16.8. The van der Waals surface area contributed by atoms with Crippen molar-refractivity contribution in [1.29, 1.82) is 0 Å². The highest BCUT2D eigenvalue weighted by Gasteiger charge is 2.38. The van der Waals surface area contributed by atoms with Gasteiger partial charge in [0, 0.05) is 20.2 Å². The van der Waals surface area contributed by atoms with Gasteiger partial charge in [0.05, 0.1) is 101 Å². The average Bonchev–Trinajstić information content (AvgIpc) is 3.35. The third-order valence-electron chi connectivity index (χ3n) is 11.0. The number of esters is 1. The first-order valence-electron chi connectivity index (χ1n) is 22.5. The van der Waals surface area contributed by atoms with Crippen LogP contribution in [-0.2, 0) is 49.2 Å². The number of amides is 2. The lowest BCUT2D eigenvalue weighted by molar-refractivity contribution is -0.162. The summed E-state index contributed by atoms with van der Waals surface area (Å²) in [4.78, 5) is 43.2. The van der Waals surface area contributed by atoms with Gasteiger partial charge in [0.15, 0.2) is 29.6 Å². The molecule has 17 nitrogen and oxygen atoms in total. The van der Waals surface area contributed by atoms with Crippen LogP contribution in [0, 0.1) is 0 Å². The summed E-state index contributed by atoms with van der Waals surface area (Å²) in [5.74, 6) is 1.34. The lowest BCUT2D eigenvalue weighted by Crippen LogP contribution is -2.50. The van der Waals surface area contributed by atoms with Crippen molar-refractivity contribution in [3.05, 3.63) is 71.3 Å². The van der Waals surface area contributed by atoms with Gasteiger partial charge in [0.1, 0.15) is 17.9 Å². The Labute approximate surface area is 389 Å². The summed E-state index contributed by atoms with van der Waals surface area (Å²) >= 11 is 0. The van der Waals surface area contributed by atoms with E-state index in [2.05, 4.69) is 5.32 Å². The molecular formula is C49H70N2O15. The molecule has 1 saturated heterocycles. The highest BCUT2D eigenvalue weighted by atomic mass is 16.6. The number of hydrogen-bond acceptors (Lipinski definition) is 15. The molecule has 0 unspecified atom stereocenters. The average molecular weight is 927 g/mol. The molecule has 1 heterocycles. The van der Waals surface area contributed by atoms with E-state index in [0.717, 1.165) is 18.4 Å². The van der Waals surface area contributed by atoms with Gasteiger partial charge >= 0.3 is 5.97 Å². The quantitative estimate of drug-likeness (QED) is 0.0593. The van der Waals surface area contributed by atoms with Crippen LogP contribution in [0.2, 0.25) is 0 Å². The Morgan fingerprint density at radius 2 is 1.32 bits per heavy atom. The lowest BCUT2D eigenvalue weighted by atomic mass is 9.91. The van der Waals surface area contributed by atoms with Gasteiger partial charge < -0.3 is 67.1 Å². The maximum Gasteiger partial charge on any atom is 0.329 e. The highest BCUT2D eigenvalue weighted by Crippen LogP contribution is 2.41. The number of carbonyl (C=O) groups is 3. The largest absolute Gasteiger partial charge is 0.493 e. The van der Waals surface area contributed by atoms with E-state index in [1.807, 2.05) is 31.2 Å². The summed E-state index contributed by atoms with van der Waals surface area (Å²) in [5.41, 5.74) is 2.31. The van der Waals surface area contributed by atoms with E-state index in [9.17, 15) is 14.4 Å². The summed E-state index contributed by atoms with van der Waals surface area (Å²) in [6, 6.07) is 15.6. The summed E-state index contributed by atoms with van der Waals surface area (Å²) in [6.45, 7) is 6.47. The molecule has 4 rings (SSSR count). The van der Waals surface area contributed by atoms with Crippen LogP contribution in [0.15, 0.2) is 54.6 Å². The van der Waals surface area contributed by atoms with Gasteiger partial charge in [0.2, 0.25) is 11.7 Å². The number of likely N-dealkylation sites (tertiary alicyclic amines) is 1. The zero-order valence-electron chi connectivity index (χ0n) is 39.7. The van der Waals surface area contributed by atoms with Gasteiger partial charge in [-0.3, -0.25) is 9.59 Å². The Morgan fingerprint density at radius 3 is 1.92 bits per heavy atom. The smallest absolute Gasteiger partial charge is 0.329 e. The SMILES string of the molecule is CC[C@H](C(=O)N1CCCC[C@H]1C(=O)O[C@H](CCc1ccc(OC)c(OC)c1)c1cccc(OCC(=O)NCCOCCOCCOCCOCCOC)c1)c1cc(OC)c(OC)c(OC)c1. The minimum absolute atomic E-state index is 0.182. The predicted molar refractivity (Wildman–Crippen MR) is 245 cm³/mol. The van der Waals surface area contributed by atoms with Crippen LogP contribution in [0.25, 0.3) is 0 Å². The van der Waals surface area contributed by atoms with E-state index in [1.165, 1.54) is 21.3 Å². The molecule has 0 spiro atoms. The van der Waals surface area contributed by atoms with Gasteiger partial charge in [-0.15, -0.1) is 0 Å². The van der Waals surface area contributed by atoms with Crippen LogP contribution in [-0.4, -0.2) is 151 Å². The van der Waals surface area contributed by atoms with E-state index in [0.29, 0.717) is 144 Å². The number of aryl methyl sites for hydroxylation is 1. The number of carbonyl (C=O) groups excluding carboxylic acids is 3. The number of methoxy groups -OCH3 is 6. The zero-order valence-corrected chi connectivity index (χ0v) is 39.7. The second-order valence-corrected chi connectivity index (χ2v) is 15.3. The van der Waals surface area contributed by atoms with Crippen molar-refractivity contribution >= 4 is 17.8 Å². The fraction of sp³-hybridized carbons (Fsp3) is 0.571. The fourth-order valence-corrected chi connectivity index (χ4v) is 7.51. The maximum atomic E-state index is 14.5. The number of piperidine rings is 1. The van der Waals surface area contributed by atoms with Crippen LogP contribution in [0.1, 0.15) is 67.7 Å². The van der Waals surface area contributed by atoms with E-state index >= 15 is 0 Å². The molecule has 0 bridgehead atoms. The number of nitrogens with zero attached hydrogens (tertiary/aromatic N) is 1. The number of nitrogens with one attached hydrogen (secondary N) is 1. The van der Waals surface area contributed by atoms with E-state index in [-0.39, 0.29) is 18.4 Å². The number of rotatable bonds is 32. The van der Waals surface area contributed by atoms with Crippen LogP contribution >= 0.6 is 0 Å². The summed E-state index contributed by atoms with van der Waals surface area (Å²) in [6.07, 6.45) is 2.64. The van der Waals surface area contributed by atoms with Gasteiger partial charge in [-0.1, -0.05) is 25.1 Å². The van der Waals surface area contributed by atoms with E-state index in [4.69, 9.17) is 56.8 Å². The summed E-state index contributed by atoms with van der Waals surface area (Å²) < 4.78 is 66.8. The van der Waals surface area contributed by atoms with Crippen LogP contribution in [0.3, 0.4) is 0 Å². The molecule has 3 aromatic rings. The standard InChI is InChI=1S/C49H70N2O15/c1-8-39(37-32-44(58-5)47(60-7)45(33-37)59-6)48(53)51-20-10-9-14-40(51)49(54)66-41(17-15-35-16-18-42(56-3)43(30-35)57-4)36-12-11-13-38(31-36)65-34-46(52)50-19-21-61-24-25-63-28-29-64-27-26-62-23-22-55-2/h11-13,16,18,30-33,39-41H,8-10,14-15,17,19-29,34H2,1-7H3,(H,50,52)/t39-,40-,41+/m0/s1. The topological polar surface area (TPSA) is 177 Å². The van der Waals surface area contributed by atoms with Crippen molar-refractivity contribution in [2.24, 2.45) is 0 Å². The zero-order chi connectivity index (χ0) is 47.5. The van der Waals surface area contributed by atoms with Gasteiger partial charge in [-0.05, 0) is 91.6 Å². The monoisotopic (exact) mass is 926 g/mol. The third-order valence-corrected chi connectivity index (χ3v) is 11.0. The Balaban J connectivity index is 1.38. The van der Waals surface area contributed by atoms with Gasteiger partial charge in [0.25, 0.3) is 5.91 Å². The molecule has 66 heavy (non-hydrogen) atoms. The fourth-order valence-electron chi connectivity index (χ4n) is 7.51. The van der Waals surface area contributed by atoms with Crippen molar-refractivity contribution in [2.75, 3.05) is 122 Å². The number of benzene rings is 3. The molecule has 1 aliphatic heterocycles. The van der Waals surface area contributed by atoms with Crippen molar-refractivity contribution < 1.29 is 71.2 Å². The van der Waals surface area contributed by atoms with Gasteiger partial charge in [-0.25, -0.2) is 4.79 Å². The minimum atomic E-state index is -0.799. The molecule has 0 aromatic heterocycles. The molecule has 1 aliphatic rings. The molecule has 3 aromatic carbocycles. The Hall–Kier alpha value is -5.33. The second-order valence-electron chi connectivity index (χ2n) is 15.3. The molecule has 17 heteroatoms. The first-order chi connectivity index (χ1) is 32.2. The van der Waals surface area contributed by atoms with E-state index < -0.39 is 24.0 Å². The molecule has 0 saturated carbocycles. The Morgan fingerprint density at radius 1 is 0.682 bits per heavy atom. The van der Waals surface area contributed by atoms with Crippen LogP contribution < -0.4 is 33.7 Å². The first kappa shape index (κ1) is 53.3. The Bertz CT molecular complexity index is 1890. The number of ether oxygens (including phenoxy) is 12. The van der Waals surface area contributed by atoms with Crippen LogP contribution in [0.4, 0.5) is 0 Å². The number of hydrogen-bond donors (Lipinski definition) is 1. The van der Waals surface area contributed by atoms with Gasteiger partial charge in [-0.2, -0.15) is 0 Å².